The zero-order valence-electron chi connectivity index (χ0n) is 16.8. The first-order valence-corrected chi connectivity index (χ1v) is 10.7. The molecule has 1 atom stereocenters. The molecule has 0 aliphatic carbocycles. The lowest BCUT2D eigenvalue weighted by Crippen LogP contribution is -2.37. The van der Waals surface area contributed by atoms with Crippen LogP contribution in [0, 0.1) is 11.8 Å². The van der Waals surface area contributed by atoms with Crippen LogP contribution in [0.25, 0.3) is 10.9 Å². The minimum Gasteiger partial charge on any atom is -0.361 e. The molecule has 150 valence electrons. The lowest BCUT2D eigenvalue weighted by atomic mass is 9.83. The lowest BCUT2D eigenvalue weighted by Gasteiger charge is -2.34. The first-order chi connectivity index (χ1) is 14.3. The monoisotopic (exact) mass is 388 g/mol. The average molecular weight is 389 g/mol. The summed E-state index contributed by atoms with van der Waals surface area (Å²) in [4.78, 5) is 25.0. The number of nitrogens with one attached hydrogen (secondary N) is 1. The van der Waals surface area contributed by atoms with Crippen molar-refractivity contribution in [3.63, 3.8) is 0 Å². The summed E-state index contributed by atoms with van der Waals surface area (Å²) in [6.07, 6.45) is 9.35. The van der Waals surface area contributed by atoms with Gasteiger partial charge in [-0.2, -0.15) is 0 Å². The third-order valence-corrected chi connectivity index (χ3v) is 6.74. The Morgan fingerprint density at radius 1 is 1.07 bits per heavy atom. The Bertz CT molecular complexity index is 975. The Morgan fingerprint density at radius 2 is 1.93 bits per heavy atom. The second kappa shape index (κ2) is 7.99. The highest BCUT2D eigenvalue weighted by Crippen LogP contribution is 2.33. The topological polar surface area (TPSA) is 52.2 Å². The van der Waals surface area contributed by atoms with Gasteiger partial charge in [-0.3, -0.25) is 14.7 Å². The van der Waals surface area contributed by atoms with Gasteiger partial charge in [0.15, 0.2) is 0 Å². The number of aromatic nitrogens is 2. The number of H-pyrrole nitrogens is 1. The van der Waals surface area contributed by atoms with E-state index in [1.165, 1.54) is 18.4 Å². The van der Waals surface area contributed by atoms with Crippen LogP contribution in [0.15, 0.2) is 55.0 Å². The van der Waals surface area contributed by atoms with Crippen molar-refractivity contribution in [3.05, 3.63) is 66.1 Å². The van der Waals surface area contributed by atoms with Crippen molar-refractivity contribution in [2.45, 2.75) is 25.8 Å². The summed E-state index contributed by atoms with van der Waals surface area (Å²) in [5, 5.41) is 1.10. The van der Waals surface area contributed by atoms with Crippen molar-refractivity contribution in [2.24, 2.45) is 11.8 Å². The fourth-order valence-electron chi connectivity index (χ4n) is 5.06. The molecular formula is C24H28N4O. The molecule has 4 heterocycles. The van der Waals surface area contributed by atoms with Crippen molar-refractivity contribution in [3.8, 4) is 0 Å². The normalized spacial score (nSPS) is 21.1. The molecule has 1 aromatic carbocycles. The van der Waals surface area contributed by atoms with Gasteiger partial charge in [0.25, 0.3) is 5.91 Å². The number of fused-ring (bicyclic) bond motifs is 1. The summed E-state index contributed by atoms with van der Waals surface area (Å²) < 4.78 is 0. The summed E-state index contributed by atoms with van der Waals surface area (Å²) >= 11 is 0. The minimum absolute atomic E-state index is 0.185. The maximum absolute atomic E-state index is 13.0. The van der Waals surface area contributed by atoms with Crippen molar-refractivity contribution < 1.29 is 4.79 Å². The smallest absolute Gasteiger partial charge is 0.253 e. The van der Waals surface area contributed by atoms with Crippen LogP contribution in [0.1, 0.15) is 35.2 Å². The van der Waals surface area contributed by atoms with Crippen molar-refractivity contribution in [1.29, 1.82) is 0 Å². The molecule has 2 aromatic heterocycles. The van der Waals surface area contributed by atoms with E-state index < -0.39 is 0 Å². The molecule has 0 saturated carbocycles. The highest BCUT2D eigenvalue weighted by molar-refractivity contribution is 5.98. The van der Waals surface area contributed by atoms with Gasteiger partial charge in [0, 0.05) is 54.7 Å². The number of benzene rings is 1. The summed E-state index contributed by atoms with van der Waals surface area (Å²) in [5.74, 6) is 1.57. The number of carbonyl (C=O) groups excluding carboxylic acids is 1. The van der Waals surface area contributed by atoms with Gasteiger partial charge in [0.2, 0.25) is 0 Å². The summed E-state index contributed by atoms with van der Waals surface area (Å²) in [5.41, 5.74) is 3.19. The number of piperidine rings is 1. The zero-order chi connectivity index (χ0) is 19.6. The third-order valence-electron chi connectivity index (χ3n) is 6.74. The fraction of sp³-hybridized carbons (Fsp3) is 0.417. The predicted octanol–water partition coefficient (Wildman–Crippen LogP) is 3.94. The van der Waals surface area contributed by atoms with E-state index in [4.69, 9.17) is 0 Å². The Morgan fingerprint density at radius 3 is 2.76 bits per heavy atom. The number of pyridine rings is 1. The average Bonchev–Trinajstić information content (AvgIpc) is 3.44. The molecule has 0 bridgehead atoms. The number of hydrogen-bond donors (Lipinski definition) is 1. The van der Waals surface area contributed by atoms with Crippen LogP contribution >= 0.6 is 0 Å². The SMILES string of the molecule is O=C(c1ccc2[nH]ccc2c1)N1CC[C@@H](C2CCN(Cc3cccnc3)CC2)C1. The van der Waals surface area contributed by atoms with E-state index in [0.29, 0.717) is 5.92 Å². The number of likely N-dealkylation sites (tertiary alicyclic amines) is 2. The lowest BCUT2D eigenvalue weighted by molar-refractivity contribution is 0.0773. The third kappa shape index (κ3) is 3.92. The molecule has 0 spiro atoms. The van der Waals surface area contributed by atoms with Crippen LogP contribution in [-0.4, -0.2) is 51.9 Å². The van der Waals surface area contributed by atoms with E-state index in [0.717, 1.165) is 61.5 Å². The van der Waals surface area contributed by atoms with E-state index in [9.17, 15) is 4.79 Å². The molecule has 5 rings (SSSR count). The van der Waals surface area contributed by atoms with Gasteiger partial charge >= 0.3 is 0 Å². The van der Waals surface area contributed by atoms with Crippen LogP contribution in [0.5, 0.6) is 0 Å². The summed E-state index contributed by atoms with van der Waals surface area (Å²) in [7, 11) is 0. The highest BCUT2D eigenvalue weighted by atomic mass is 16.2. The highest BCUT2D eigenvalue weighted by Gasteiger charge is 2.34. The number of hydrogen-bond acceptors (Lipinski definition) is 3. The number of aromatic amines is 1. The van der Waals surface area contributed by atoms with Gasteiger partial charge in [-0.15, -0.1) is 0 Å². The van der Waals surface area contributed by atoms with Gasteiger partial charge in [0.1, 0.15) is 0 Å². The molecule has 0 radical (unpaired) electrons. The summed E-state index contributed by atoms with van der Waals surface area (Å²) in [6, 6.07) is 12.2. The molecule has 29 heavy (non-hydrogen) atoms. The fourth-order valence-corrected chi connectivity index (χ4v) is 5.06. The number of amides is 1. The van der Waals surface area contributed by atoms with E-state index in [-0.39, 0.29) is 5.91 Å². The standard InChI is InChI=1S/C24H28N4O/c29-24(21-3-4-23-20(14-21)5-10-26-23)28-13-8-22(17-28)19-6-11-27(12-7-19)16-18-2-1-9-25-15-18/h1-5,9-10,14-15,19,22,26H,6-8,11-13,16-17H2/t22-/m1/s1. The van der Waals surface area contributed by atoms with E-state index in [1.807, 2.05) is 48.9 Å². The molecule has 1 amide bonds. The molecule has 2 fully saturated rings. The Hall–Kier alpha value is -2.66. The molecular weight excluding hydrogens is 360 g/mol. The quantitative estimate of drug-likeness (QED) is 0.737. The Labute approximate surface area is 171 Å². The van der Waals surface area contributed by atoms with Gasteiger partial charge < -0.3 is 9.88 Å². The van der Waals surface area contributed by atoms with Crippen molar-refractivity contribution in [2.75, 3.05) is 26.2 Å². The molecule has 5 heteroatoms. The molecule has 3 aromatic rings. The molecule has 2 aliphatic heterocycles. The maximum Gasteiger partial charge on any atom is 0.253 e. The number of carbonyl (C=O) groups is 1. The van der Waals surface area contributed by atoms with Crippen LogP contribution in [0.3, 0.4) is 0 Å². The van der Waals surface area contributed by atoms with Gasteiger partial charge in [-0.25, -0.2) is 0 Å². The zero-order valence-corrected chi connectivity index (χ0v) is 16.8. The molecule has 2 aliphatic rings. The van der Waals surface area contributed by atoms with E-state index >= 15 is 0 Å². The Balaban J connectivity index is 1.15. The Kier molecular flexibility index (Phi) is 5.06. The second-order valence-electron chi connectivity index (χ2n) is 8.55. The second-order valence-corrected chi connectivity index (χ2v) is 8.55. The predicted molar refractivity (Wildman–Crippen MR) is 115 cm³/mol. The first-order valence-electron chi connectivity index (χ1n) is 10.7. The largest absolute Gasteiger partial charge is 0.361 e. The van der Waals surface area contributed by atoms with Crippen LogP contribution in [-0.2, 0) is 6.54 Å². The molecule has 1 N–H and O–H groups in total. The van der Waals surface area contributed by atoms with Crippen LogP contribution in [0.2, 0.25) is 0 Å². The van der Waals surface area contributed by atoms with Crippen molar-refractivity contribution >= 4 is 16.8 Å². The van der Waals surface area contributed by atoms with Crippen molar-refractivity contribution in [1.82, 2.24) is 19.8 Å². The minimum atomic E-state index is 0.185. The first kappa shape index (κ1) is 18.4. The van der Waals surface area contributed by atoms with E-state index in [2.05, 4.69) is 25.8 Å². The molecule has 2 saturated heterocycles. The van der Waals surface area contributed by atoms with Crippen LogP contribution in [0.4, 0.5) is 0 Å². The maximum atomic E-state index is 13.0. The summed E-state index contributed by atoms with van der Waals surface area (Å²) in [6.45, 7) is 5.10. The van der Waals surface area contributed by atoms with Gasteiger partial charge in [0.05, 0.1) is 0 Å². The molecule has 0 unspecified atom stereocenters. The number of rotatable bonds is 4. The van der Waals surface area contributed by atoms with Gasteiger partial charge in [-0.05, 0) is 80.1 Å². The van der Waals surface area contributed by atoms with Crippen LogP contribution < -0.4 is 0 Å². The molecule has 5 nitrogen and oxygen atoms in total. The van der Waals surface area contributed by atoms with Gasteiger partial charge in [-0.1, -0.05) is 6.07 Å². The van der Waals surface area contributed by atoms with E-state index in [1.54, 1.807) is 0 Å². The number of nitrogens with zero attached hydrogens (tertiary/aromatic N) is 3.